The van der Waals surface area contributed by atoms with Gasteiger partial charge in [-0.15, -0.1) is 0 Å². The topological polar surface area (TPSA) is 29.3 Å². The zero-order valence-corrected chi connectivity index (χ0v) is 8.14. The molecular formula is C9H22N2. The van der Waals surface area contributed by atoms with Crippen molar-refractivity contribution in [1.29, 1.82) is 0 Å². The van der Waals surface area contributed by atoms with Gasteiger partial charge in [0, 0.05) is 12.6 Å². The second kappa shape index (κ2) is 6.62. The minimum atomic E-state index is 0.375. The first-order chi connectivity index (χ1) is 5.24. The summed E-state index contributed by atoms with van der Waals surface area (Å²) in [5, 5.41) is 0. The quantitative estimate of drug-likeness (QED) is 0.634. The van der Waals surface area contributed by atoms with E-state index >= 15 is 0 Å². The SMILES string of the molecule is CCC[C@H](N)CN(CC)CC. The van der Waals surface area contributed by atoms with Crippen LogP contribution < -0.4 is 5.73 Å². The van der Waals surface area contributed by atoms with Gasteiger partial charge in [0.25, 0.3) is 0 Å². The van der Waals surface area contributed by atoms with Crippen molar-refractivity contribution in [3.05, 3.63) is 0 Å². The maximum Gasteiger partial charge on any atom is 0.0167 e. The Morgan fingerprint density at radius 1 is 1.18 bits per heavy atom. The van der Waals surface area contributed by atoms with Gasteiger partial charge in [0.05, 0.1) is 0 Å². The lowest BCUT2D eigenvalue weighted by atomic mass is 10.2. The lowest BCUT2D eigenvalue weighted by Crippen LogP contribution is -2.37. The summed E-state index contributed by atoms with van der Waals surface area (Å²) in [5.74, 6) is 0. The van der Waals surface area contributed by atoms with Crippen LogP contribution in [0, 0.1) is 0 Å². The molecule has 0 spiro atoms. The number of hydrogen-bond acceptors (Lipinski definition) is 2. The highest BCUT2D eigenvalue weighted by Crippen LogP contribution is 1.96. The Morgan fingerprint density at radius 2 is 1.73 bits per heavy atom. The average Bonchev–Trinajstić information content (AvgIpc) is 2.01. The third-order valence-electron chi connectivity index (χ3n) is 2.05. The smallest absolute Gasteiger partial charge is 0.0167 e. The van der Waals surface area contributed by atoms with Gasteiger partial charge in [-0.1, -0.05) is 27.2 Å². The van der Waals surface area contributed by atoms with E-state index in [9.17, 15) is 0 Å². The number of nitrogens with zero attached hydrogens (tertiary/aromatic N) is 1. The monoisotopic (exact) mass is 158 g/mol. The van der Waals surface area contributed by atoms with Gasteiger partial charge in [-0.25, -0.2) is 0 Å². The molecule has 2 N–H and O–H groups in total. The van der Waals surface area contributed by atoms with E-state index in [1.165, 1.54) is 6.42 Å². The van der Waals surface area contributed by atoms with E-state index < -0.39 is 0 Å². The van der Waals surface area contributed by atoms with Gasteiger partial charge in [-0.3, -0.25) is 0 Å². The molecule has 0 aromatic heterocycles. The molecule has 1 atom stereocenters. The van der Waals surface area contributed by atoms with Gasteiger partial charge in [0.1, 0.15) is 0 Å². The first kappa shape index (κ1) is 10.9. The zero-order valence-electron chi connectivity index (χ0n) is 8.14. The maximum absolute atomic E-state index is 5.89. The Bertz CT molecular complexity index is 79.6. The van der Waals surface area contributed by atoms with E-state index in [1.54, 1.807) is 0 Å². The van der Waals surface area contributed by atoms with Crippen LogP contribution >= 0.6 is 0 Å². The summed E-state index contributed by atoms with van der Waals surface area (Å²) in [7, 11) is 0. The van der Waals surface area contributed by atoms with Gasteiger partial charge in [0.2, 0.25) is 0 Å². The maximum atomic E-state index is 5.89. The molecule has 2 heteroatoms. The van der Waals surface area contributed by atoms with Gasteiger partial charge in [-0.05, 0) is 19.5 Å². The van der Waals surface area contributed by atoms with Gasteiger partial charge in [-0.2, -0.15) is 0 Å². The van der Waals surface area contributed by atoms with Crippen LogP contribution in [0.25, 0.3) is 0 Å². The fourth-order valence-corrected chi connectivity index (χ4v) is 1.28. The van der Waals surface area contributed by atoms with Crippen molar-refractivity contribution in [3.63, 3.8) is 0 Å². The van der Waals surface area contributed by atoms with Gasteiger partial charge >= 0.3 is 0 Å². The molecule has 0 aliphatic heterocycles. The molecule has 0 bridgehead atoms. The minimum Gasteiger partial charge on any atom is -0.327 e. The first-order valence-electron chi connectivity index (χ1n) is 4.72. The summed E-state index contributed by atoms with van der Waals surface area (Å²) >= 11 is 0. The van der Waals surface area contributed by atoms with Crippen LogP contribution in [-0.2, 0) is 0 Å². The molecule has 0 fully saturated rings. The highest BCUT2D eigenvalue weighted by molar-refractivity contribution is 4.65. The number of likely N-dealkylation sites (N-methyl/N-ethyl adjacent to an activating group) is 1. The average molecular weight is 158 g/mol. The van der Waals surface area contributed by atoms with E-state index in [-0.39, 0.29) is 0 Å². The third kappa shape index (κ3) is 5.22. The van der Waals surface area contributed by atoms with Crippen LogP contribution in [0.3, 0.4) is 0 Å². The molecule has 11 heavy (non-hydrogen) atoms. The number of hydrogen-bond donors (Lipinski definition) is 1. The molecule has 68 valence electrons. The van der Waals surface area contributed by atoms with Crippen molar-refractivity contribution in [2.45, 2.75) is 39.7 Å². The normalized spacial score (nSPS) is 13.9. The number of rotatable bonds is 6. The van der Waals surface area contributed by atoms with Crippen LogP contribution in [-0.4, -0.2) is 30.6 Å². The molecule has 0 aromatic rings. The molecule has 0 amide bonds. The second-order valence-corrected chi connectivity index (χ2v) is 3.03. The van der Waals surface area contributed by atoms with Crippen LogP contribution in [0.2, 0.25) is 0 Å². The van der Waals surface area contributed by atoms with E-state index in [1.807, 2.05) is 0 Å². The Morgan fingerprint density at radius 3 is 2.09 bits per heavy atom. The first-order valence-corrected chi connectivity index (χ1v) is 4.72. The minimum absolute atomic E-state index is 0.375. The molecular weight excluding hydrogens is 136 g/mol. The standard InChI is InChI=1S/C9H22N2/c1-4-7-9(10)8-11(5-2)6-3/h9H,4-8,10H2,1-3H3/t9-/m0/s1. The summed E-state index contributed by atoms with van der Waals surface area (Å²) in [6, 6.07) is 0.375. The summed E-state index contributed by atoms with van der Waals surface area (Å²) < 4.78 is 0. The molecule has 0 aliphatic carbocycles. The van der Waals surface area contributed by atoms with Crippen molar-refractivity contribution < 1.29 is 0 Å². The zero-order chi connectivity index (χ0) is 8.69. The van der Waals surface area contributed by atoms with Crippen molar-refractivity contribution in [2.24, 2.45) is 5.73 Å². The van der Waals surface area contributed by atoms with E-state index in [2.05, 4.69) is 25.7 Å². The summed E-state index contributed by atoms with van der Waals surface area (Å²) in [6.07, 6.45) is 2.35. The Hall–Kier alpha value is -0.0800. The van der Waals surface area contributed by atoms with E-state index in [0.29, 0.717) is 6.04 Å². The fourth-order valence-electron chi connectivity index (χ4n) is 1.28. The molecule has 0 saturated heterocycles. The Labute approximate surface area is 70.8 Å². The molecule has 0 aromatic carbocycles. The Kier molecular flexibility index (Phi) is 6.57. The van der Waals surface area contributed by atoms with Crippen molar-refractivity contribution >= 4 is 0 Å². The highest BCUT2D eigenvalue weighted by Gasteiger charge is 2.05. The molecule has 2 nitrogen and oxygen atoms in total. The second-order valence-electron chi connectivity index (χ2n) is 3.03. The van der Waals surface area contributed by atoms with E-state index in [4.69, 9.17) is 5.73 Å². The lowest BCUT2D eigenvalue weighted by Gasteiger charge is -2.21. The van der Waals surface area contributed by atoms with Crippen molar-refractivity contribution in [1.82, 2.24) is 4.90 Å². The van der Waals surface area contributed by atoms with Crippen LogP contribution in [0.5, 0.6) is 0 Å². The molecule has 0 radical (unpaired) electrons. The molecule has 0 aliphatic rings. The largest absolute Gasteiger partial charge is 0.327 e. The summed E-state index contributed by atoms with van der Waals surface area (Å²) in [4.78, 5) is 2.38. The lowest BCUT2D eigenvalue weighted by molar-refractivity contribution is 0.277. The van der Waals surface area contributed by atoms with Gasteiger partial charge < -0.3 is 10.6 Å². The fraction of sp³-hybridized carbons (Fsp3) is 1.00. The molecule has 0 unspecified atom stereocenters. The Balaban J connectivity index is 3.44. The van der Waals surface area contributed by atoms with Gasteiger partial charge in [0.15, 0.2) is 0 Å². The van der Waals surface area contributed by atoms with E-state index in [0.717, 1.165) is 26.1 Å². The molecule has 0 saturated carbocycles. The summed E-state index contributed by atoms with van der Waals surface area (Å²) in [5.41, 5.74) is 5.89. The molecule has 0 heterocycles. The summed E-state index contributed by atoms with van der Waals surface area (Å²) in [6.45, 7) is 9.84. The number of nitrogens with two attached hydrogens (primary N) is 1. The third-order valence-corrected chi connectivity index (χ3v) is 2.05. The van der Waals surface area contributed by atoms with Crippen molar-refractivity contribution in [2.75, 3.05) is 19.6 Å². The van der Waals surface area contributed by atoms with Crippen molar-refractivity contribution in [3.8, 4) is 0 Å². The predicted molar refractivity (Wildman–Crippen MR) is 50.7 cm³/mol. The predicted octanol–water partition coefficient (Wildman–Crippen LogP) is 1.46. The van der Waals surface area contributed by atoms with Crippen LogP contribution in [0.15, 0.2) is 0 Å². The van der Waals surface area contributed by atoms with Crippen LogP contribution in [0.1, 0.15) is 33.6 Å². The van der Waals surface area contributed by atoms with Crippen LogP contribution in [0.4, 0.5) is 0 Å². The molecule has 0 rings (SSSR count). The highest BCUT2D eigenvalue weighted by atomic mass is 15.1.